The zero-order chi connectivity index (χ0) is 9.14. The summed E-state index contributed by atoms with van der Waals surface area (Å²) in [7, 11) is 0. The number of hydrogen-bond acceptors (Lipinski definition) is 2. The first-order valence-corrected chi connectivity index (χ1v) is 4.07. The summed E-state index contributed by atoms with van der Waals surface area (Å²) in [6.45, 7) is 0. The molecule has 0 saturated heterocycles. The summed E-state index contributed by atoms with van der Waals surface area (Å²) in [5.74, 6) is -2.61. The van der Waals surface area contributed by atoms with Crippen LogP contribution in [0.2, 0.25) is 0 Å². The Labute approximate surface area is 70.2 Å². The van der Waals surface area contributed by atoms with Gasteiger partial charge in [-0.3, -0.25) is 9.59 Å². The van der Waals surface area contributed by atoms with Gasteiger partial charge in [-0.1, -0.05) is 6.42 Å². The van der Waals surface area contributed by atoms with Gasteiger partial charge in [0.1, 0.15) is 0 Å². The van der Waals surface area contributed by atoms with Crippen molar-refractivity contribution in [2.75, 3.05) is 0 Å². The summed E-state index contributed by atoms with van der Waals surface area (Å²) < 4.78 is 0. The molecule has 2 N–H and O–H groups in total. The molecule has 1 fully saturated rings. The summed E-state index contributed by atoms with van der Waals surface area (Å²) >= 11 is 0. The van der Waals surface area contributed by atoms with Crippen molar-refractivity contribution in [3.63, 3.8) is 0 Å². The molecule has 68 valence electrons. The van der Waals surface area contributed by atoms with Crippen molar-refractivity contribution in [3.8, 4) is 0 Å². The maximum absolute atomic E-state index is 10.5. The SMILES string of the molecule is O=C(O)C1CCC[C@@H](C(=O)O)C1. The fourth-order valence-electron chi connectivity index (χ4n) is 1.64. The van der Waals surface area contributed by atoms with E-state index in [0.29, 0.717) is 25.7 Å². The van der Waals surface area contributed by atoms with Gasteiger partial charge in [0, 0.05) is 0 Å². The first-order chi connectivity index (χ1) is 5.61. The normalized spacial score (nSPS) is 29.7. The van der Waals surface area contributed by atoms with E-state index in [1.165, 1.54) is 0 Å². The molecule has 0 bridgehead atoms. The zero-order valence-corrected chi connectivity index (χ0v) is 6.69. The minimum atomic E-state index is -0.860. The molecule has 0 heterocycles. The minimum absolute atomic E-state index is 0.296. The van der Waals surface area contributed by atoms with Crippen LogP contribution in [0.25, 0.3) is 0 Å². The fraction of sp³-hybridized carbons (Fsp3) is 0.750. The molecule has 1 saturated carbocycles. The molecule has 0 aromatic heterocycles. The van der Waals surface area contributed by atoms with E-state index in [1.807, 2.05) is 0 Å². The van der Waals surface area contributed by atoms with Gasteiger partial charge < -0.3 is 10.2 Å². The molecule has 1 aliphatic rings. The van der Waals surface area contributed by atoms with E-state index < -0.39 is 23.8 Å². The minimum Gasteiger partial charge on any atom is -0.481 e. The third-order valence-corrected chi connectivity index (χ3v) is 2.37. The van der Waals surface area contributed by atoms with E-state index in [0.717, 1.165) is 0 Å². The Balaban J connectivity index is 2.51. The lowest BCUT2D eigenvalue weighted by molar-refractivity contribution is -0.147. The van der Waals surface area contributed by atoms with Crippen LogP contribution in [0.5, 0.6) is 0 Å². The van der Waals surface area contributed by atoms with Crippen LogP contribution in [0.15, 0.2) is 0 Å². The van der Waals surface area contributed by atoms with Gasteiger partial charge in [0.25, 0.3) is 0 Å². The summed E-state index contributed by atoms with van der Waals surface area (Å²) in [6.07, 6.45) is 2.26. The van der Waals surface area contributed by atoms with E-state index in [2.05, 4.69) is 0 Å². The van der Waals surface area contributed by atoms with Crippen molar-refractivity contribution in [1.82, 2.24) is 0 Å². The summed E-state index contributed by atoms with van der Waals surface area (Å²) in [6, 6.07) is 0. The fourth-order valence-corrected chi connectivity index (χ4v) is 1.64. The average Bonchev–Trinajstić information content (AvgIpc) is 2.04. The standard InChI is InChI=1S/C8H12O4/c9-7(10)5-2-1-3-6(4-5)8(11)12/h5-6H,1-4H2,(H,9,10)(H,11,12)/t5-,6?/m1/s1. The maximum Gasteiger partial charge on any atom is 0.306 e. The largest absolute Gasteiger partial charge is 0.481 e. The molecule has 12 heavy (non-hydrogen) atoms. The summed E-state index contributed by atoms with van der Waals surface area (Å²) in [5.41, 5.74) is 0. The first-order valence-electron chi connectivity index (χ1n) is 4.07. The van der Waals surface area contributed by atoms with E-state index in [4.69, 9.17) is 10.2 Å². The highest BCUT2D eigenvalue weighted by Crippen LogP contribution is 2.29. The Morgan fingerprint density at radius 2 is 1.42 bits per heavy atom. The van der Waals surface area contributed by atoms with Gasteiger partial charge in [0.2, 0.25) is 0 Å². The molecule has 0 aromatic rings. The first kappa shape index (κ1) is 9.03. The molecule has 1 unspecified atom stereocenters. The highest BCUT2D eigenvalue weighted by Gasteiger charge is 2.30. The zero-order valence-electron chi connectivity index (χ0n) is 6.69. The van der Waals surface area contributed by atoms with Crippen molar-refractivity contribution in [1.29, 1.82) is 0 Å². The van der Waals surface area contributed by atoms with E-state index in [-0.39, 0.29) is 0 Å². The van der Waals surface area contributed by atoms with Crippen molar-refractivity contribution >= 4 is 11.9 Å². The lowest BCUT2D eigenvalue weighted by Gasteiger charge is -2.23. The second-order valence-electron chi connectivity index (χ2n) is 3.24. The molecule has 4 nitrogen and oxygen atoms in total. The molecule has 4 heteroatoms. The smallest absolute Gasteiger partial charge is 0.306 e. The number of hydrogen-bond donors (Lipinski definition) is 2. The average molecular weight is 172 g/mol. The molecule has 1 rings (SSSR count). The Hall–Kier alpha value is -1.06. The highest BCUT2D eigenvalue weighted by molar-refractivity contribution is 5.74. The Morgan fingerprint density at radius 1 is 1.00 bits per heavy atom. The molecular weight excluding hydrogens is 160 g/mol. The monoisotopic (exact) mass is 172 g/mol. The second kappa shape index (κ2) is 3.56. The quantitative estimate of drug-likeness (QED) is 0.650. The number of rotatable bonds is 2. The Kier molecular flexibility index (Phi) is 2.68. The topological polar surface area (TPSA) is 74.6 Å². The lowest BCUT2D eigenvalue weighted by Crippen LogP contribution is -2.26. The van der Waals surface area contributed by atoms with Gasteiger partial charge in [-0.15, -0.1) is 0 Å². The van der Waals surface area contributed by atoms with Crippen LogP contribution in [-0.4, -0.2) is 22.2 Å². The van der Waals surface area contributed by atoms with Gasteiger partial charge in [-0.2, -0.15) is 0 Å². The summed E-state index contributed by atoms with van der Waals surface area (Å²) in [4.78, 5) is 21.1. The van der Waals surface area contributed by atoms with Gasteiger partial charge in [-0.25, -0.2) is 0 Å². The van der Waals surface area contributed by atoms with E-state index in [9.17, 15) is 9.59 Å². The molecule has 2 atom stereocenters. The van der Waals surface area contributed by atoms with E-state index in [1.54, 1.807) is 0 Å². The number of carboxylic acids is 2. The van der Waals surface area contributed by atoms with Gasteiger partial charge in [0.15, 0.2) is 0 Å². The van der Waals surface area contributed by atoms with Crippen LogP contribution in [-0.2, 0) is 9.59 Å². The maximum atomic E-state index is 10.5. The second-order valence-corrected chi connectivity index (χ2v) is 3.24. The van der Waals surface area contributed by atoms with Crippen LogP contribution in [0, 0.1) is 11.8 Å². The predicted octanol–water partition coefficient (Wildman–Crippen LogP) is 0.962. The molecule has 1 aliphatic carbocycles. The van der Waals surface area contributed by atoms with Crippen LogP contribution in [0.3, 0.4) is 0 Å². The van der Waals surface area contributed by atoms with Crippen LogP contribution in [0.1, 0.15) is 25.7 Å². The molecule has 0 radical (unpaired) electrons. The molecule has 0 amide bonds. The Morgan fingerprint density at radius 3 is 1.75 bits per heavy atom. The number of carbonyl (C=O) groups is 2. The van der Waals surface area contributed by atoms with Crippen LogP contribution >= 0.6 is 0 Å². The third kappa shape index (κ3) is 1.96. The van der Waals surface area contributed by atoms with Crippen LogP contribution in [0.4, 0.5) is 0 Å². The third-order valence-electron chi connectivity index (χ3n) is 2.37. The van der Waals surface area contributed by atoms with Crippen molar-refractivity contribution < 1.29 is 19.8 Å². The van der Waals surface area contributed by atoms with Gasteiger partial charge >= 0.3 is 11.9 Å². The van der Waals surface area contributed by atoms with E-state index >= 15 is 0 Å². The van der Waals surface area contributed by atoms with Gasteiger partial charge in [0.05, 0.1) is 11.8 Å². The predicted molar refractivity (Wildman–Crippen MR) is 40.7 cm³/mol. The highest BCUT2D eigenvalue weighted by atomic mass is 16.4. The summed E-state index contributed by atoms with van der Waals surface area (Å²) in [5, 5.41) is 17.3. The molecule has 0 aliphatic heterocycles. The van der Waals surface area contributed by atoms with Crippen molar-refractivity contribution in [2.45, 2.75) is 25.7 Å². The van der Waals surface area contributed by atoms with Gasteiger partial charge in [-0.05, 0) is 19.3 Å². The molecule has 0 aromatic carbocycles. The van der Waals surface area contributed by atoms with Crippen molar-refractivity contribution in [2.24, 2.45) is 11.8 Å². The lowest BCUT2D eigenvalue weighted by atomic mass is 9.81. The Bertz CT molecular complexity index is 179. The molecular formula is C8H12O4. The number of carboxylic acid groups (broad SMARTS) is 2. The van der Waals surface area contributed by atoms with Crippen LogP contribution < -0.4 is 0 Å². The van der Waals surface area contributed by atoms with Crippen molar-refractivity contribution in [3.05, 3.63) is 0 Å². The molecule has 0 spiro atoms. The number of aliphatic carboxylic acids is 2.